The standard InChI is InChI=1S/C10H22N2O2S/c1-10(2,3)9(12-11)6-8-4-5-15(13,14)7-8/h8-9,12H,4-7,11H2,1-3H3. The topological polar surface area (TPSA) is 72.2 Å². The molecule has 0 aliphatic carbocycles. The number of hydrazine groups is 1. The second kappa shape index (κ2) is 4.39. The Labute approximate surface area is 92.5 Å². The highest BCUT2D eigenvalue weighted by atomic mass is 32.2. The van der Waals surface area contributed by atoms with Crippen LogP contribution in [0.5, 0.6) is 0 Å². The Bertz CT molecular complexity index is 306. The summed E-state index contributed by atoms with van der Waals surface area (Å²) < 4.78 is 22.6. The second-order valence-electron chi connectivity index (χ2n) is 5.59. The molecule has 2 atom stereocenters. The molecule has 0 aromatic heterocycles. The Morgan fingerprint density at radius 2 is 2.07 bits per heavy atom. The highest BCUT2D eigenvalue weighted by molar-refractivity contribution is 7.91. The fourth-order valence-electron chi connectivity index (χ4n) is 2.06. The van der Waals surface area contributed by atoms with Crippen LogP contribution in [-0.4, -0.2) is 26.0 Å². The van der Waals surface area contributed by atoms with E-state index < -0.39 is 9.84 Å². The predicted molar refractivity (Wildman–Crippen MR) is 61.9 cm³/mol. The van der Waals surface area contributed by atoms with Gasteiger partial charge in [0.25, 0.3) is 0 Å². The molecular formula is C10H22N2O2S. The van der Waals surface area contributed by atoms with Gasteiger partial charge in [-0.3, -0.25) is 11.3 Å². The van der Waals surface area contributed by atoms with Crippen molar-refractivity contribution in [1.29, 1.82) is 0 Å². The monoisotopic (exact) mass is 234 g/mol. The van der Waals surface area contributed by atoms with Crippen molar-refractivity contribution in [2.45, 2.75) is 39.7 Å². The summed E-state index contributed by atoms with van der Waals surface area (Å²) >= 11 is 0. The Morgan fingerprint density at radius 3 is 2.40 bits per heavy atom. The molecule has 1 aliphatic heterocycles. The van der Waals surface area contributed by atoms with Gasteiger partial charge in [-0.25, -0.2) is 8.42 Å². The van der Waals surface area contributed by atoms with Gasteiger partial charge in [0.2, 0.25) is 0 Å². The lowest BCUT2D eigenvalue weighted by molar-refractivity contribution is 0.232. The van der Waals surface area contributed by atoms with Crippen LogP contribution in [0.15, 0.2) is 0 Å². The molecule has 0 amide bonds. The Kier molecular flexibility index (Phi) is 3.79. The Balaban J connectivity index is 2.55. The maximum Gasteiger partial charge on any atom is 0.150 e. The lowest BCUT2D eigenvalue weighted by Crippen LogP contribution is -2.45. The smallest absolute Gasteiger partial charge is 0.150 e. The summed E-state index contributed by atoms with van der Waals surface area (Å²) in [6.07, 6.45) is 1.63. The first-order chi connectivity index (χ1) is 6.74. The number of sulfone groups is 1. The van der Waals surface area contributed by atoms with E-state index in [1.165, 1.54) is 0 Å². The maximum absolute atomic E-state index is 11.3. The van der Waals surface area contributed by atoms with E-state index >= 15 is 0 Å². The molecule has 2 unspecified atom stereocenters. The molecule has 0 spiro atoms. The van der Waals surface area contributed by atoms with E-state index in [9.17, 15) is 8.42 Å². The lowest BCUT2D eigenvalue weighted by atomic mass is 9.81. The summed E-state index contributed by atoms with van der Waals surface area (Å²) in [6.45, 7) is 6.34. The average Bonchev–Trinajstić information content (AvgIpc) is 2.39. The minimum Gasteiger partial charge on any atom is -0.271 e. The molecule has 1 heterocycles. The molecule has 15 heavy (non-hydrogen) atoms. The summed E-state index contributed by atoms with van der Waals surface area (Å²) in [5, 5.41) is 0. The van der Waals surface area contributed by atoms with E-state index in [1.807, 2.05) is 0 Å². The van der Waals surface area contributed by atoms with Gasteiger partial charge in [0.05, 0.1) is 11.5 Å². The van der Waals surface area contributed by atoms with Gasteiger partial charge in [0.15, 0.2) is 9.84 Å². The normalized spacial score (nSPS) is 27.9. The van der Waals surface area contributed by atoms with Gasteiger partial charge < -0.3 is 0 Å². The van der Waals surface area contributed by atoms with Gasteiger partial charge in [-0.15, -0.1) is 0 Å². The molecule has 0 radical (unpaired) electrons. The average molecular weight is 234 g/mol. The fraction of sp³-hybridized carbons (Fsp3) is 1.00. The minimum absolute atomic E-state index is 0.0705. The van der Waals surface area contributed by atoms with E-state index in [0.717, 1.165) is 12.8 Å². The summed E-state index contributed by atoms with van der Waals surface area (Å²) in [4.78, 5) is 0. The van der Waals surface area contributed by atoms with Gasteiger partial charge in [0, 0.05) is 6.04 Å². The number of nitrogens with two attached hydrogens (primary N) is 1. The first kappa shape index (κ1) is 12.9. The van der Waals surface area contributed by atoms with Crippen LogP contribution in [0.25, 0.3) is 0 Å². The summed E-state index contributed by atoms with van der Waals surface area (Å²) in [5.41, 5.74) is 2.87. The van der Waals surface area contributed by atoms with Crippen molar-refractivity contribution in [2.75, 3.05) is 11.5 Å². The van der Waals surface area contributed by atoms with E-state index in [-0.39, 0.29) is 17.4 Å². The van der Waals surface area contributed by atoms with Crippen LogP contribution in [0, 0.1) is 11.3 Å². The van der Waals surface area contributed by atoms with Crippen LogP contribution >= 0.6 is 0 Å². The zero-order valence-electron chi connectivity index (χ0n) is 9.79. The SMILES string of the molecule is CC(C)(C)C(CC1CCS(=O)(=O)C1)NN. The molecule has 1 fully saturated rings. The van der Waals surface area contributed by atoms with E-state index in [4.69, 9.17) is 5.84 Å². The molecular weight excluding hydrogens is 212 g/mol. The van der Waals surface area contributed by atoms with Gasteiger partial charge in [0.1, 0.15) is 0 Å². The summed E-state index contributed by atoms with van der Waals surface area (Å²) in [5.74, 6) is 6.46. The van der Waals surface area contributed by atoms with E-state index in [1.54, 1.807) is 0 Å². The van der Waals surface area contributed by atoms with Crippen molar-refractivity contribution in [3.63, 3.8) is 0 Å². The van der Waals surface area contributed by atoms with Crippen molar-refractivity contribution >= 4 is 9.84 Å². The van der Waals surface area contributed by atoms with Crippen LogP contribution in [0.4, 0.5) is 0 Å². The largest absolute Gasteiger partial charge is 0.271 e. The third-order valence-corrected chi connectivity index (χ3v) is 4.98. The molecule has 90 valence electrons. The van der Waals surface area contributed by atoms with Crippen LogP contribution < -0.4 is 11.3 Å². The number of rotatable bonds is 3. The Morgan fingerprint density at radius 1 is 1.47 bits per heavy atom. The highest BCUT2D eigenvalue weighted by Gasteiger charge is 2.33. The molecule has 0 aromatic rings. The quantitative estimate of drug-likeness (QED) is 0.556. The lowest BCUT2D eigenvalue weighted by Gasteiger charge is -2.31. The van der Waals surface area contributed by atoms with Gasteiger partial charge in [-0.05, 0) is 24.2 Å². The van der Waals surface area contributed by atoms with Crippen LogP contribution in [-0.2, 0) is 9.84 Å². The molecule has 5 heteroatoms. The van der Waals surface area contributed by atoms with Crippen molar-refractivity contribution in [2.24, 2.45) is 17.2 Å². The van der Waals surface area contributed by atoms with Crippen LogP contribution in [0.3, 0.4) is 0 Å². The number of nitrogens with one attached hydrogen (secondary N) is 1. The van der Waals surface area contributed by atoms with Gasteiger partial charge in [-0.2, -0.15) is 0 Å². The minimum atomic E-state index is -2.76. The third kappa shape index (κ3) is 3.74. The van der Waals surface area contributed by atoms with Crippen molar-refractivity contribution in [3.05, 3.63) is 0 Å². The predicted octanol–water partition coefficient (Wildman–Crippen LogP) is 0.689. The van der Waals surface area contributed by atoms with Crippen LogP contribution in [0.2, 0.25) is 0 Å². The zero-order chi connectivity index (χ0) is 11.7. The molecule has 0 saturated carbocycles. The third-order valence-electron chi connectivity index (χ3n) is 3.14. The number of hydrogen-bond donors (Lipinski definition) is 2. The van der Waals surface area contributed by atoms with E-state index in [2.05, 4.69) is 26.2 Å². The summed E-state index contributed by atoms with van der Waals surface area (Å²) in [6, 6.07) is 0.177. The van der Waals surface area contributed by atoms with Crippen molar-refractivity contribution < 1.29 is 8.42 Å². The first-order valence-corrected chi connectivity index (χ1v) is 7.23. The molecule has 4 nitrogen and oxygen atoms in total. The van der Waals surface area contributed by atoms with Crippen molar-refractivity contribution in [1.82, 2.24) is 5.43 Å². The molecule has 0 aromatic carbocycles. The maximum atomic E-state index is 11.3. The molecule has 1 aliphatic rings. The van der Waals surface area contributed by atoms with Gasteiger partial charge in [-0.1, -0.05) is 20.8 Å². The van der Waals surface area contributed by atoms with Gasteiger partial charge >= 0.3 is 0 Å². The number of hydrogen-bond acceptors (Lipinski definition) is 4. The van der Waals surface area contributed by atoms with Crippen LogP contribution in [0.1, 0.15) is 33.6 Å². The molecule has 0 bridgehead atoms. The van der Waals surface area contributed by atoms with E-state index in [0.29, 0.717) is 11.5 Å². The molecule has 1 rings (SSSR count). The zero-order valence-corrected chi connectivity index (χ0v) is 10.6. The fourth-order valence-corrected chi connectivity index (χ4v) is 3.94. The highest BCUT2D eigenvalue weighted by Crippen LogP contribution is 2.29. The van der Waals surface area contributed by atoms with Crippen molar-refractivity contribution in [3.8, 4) is 0 Å². The first-order valence-electron chi connectivity index (χ1n) is 5.41. The summed E-state index contributed by atoms with van der Waals surface area (Å²) in [7, 11) is -2.76. The molecule has 1 saturated heterocycles. The second-order valence-corrected chi connectivity index (χ2v) is 7.82. The Hall–Kier alpha value is -0.130. The molecule has 3 N–H and O–H groups in total.